The number of ether oxygens (including phenoxy) is 1. The Morgan fingerprint density at radius 1 is 1.03 bits per heavy atom. The van der Waals surface area contributed by atoms with Gasteiger partial charge in [-0.3, -0.25) is 4.31 Å². The lowest BCUT2D eigenvalue weighted by Crippen LogP contribution is -2.26. The lowest BCUT2D eigenvalue weighted by molar-refractivity contribution is 0.0467. The molecule has 3 aromatic carbocycles. The number of para-hydroxylation sites is 1. The monoisotopic (exact) mass is 496 g/mol. The van der Waals surface area contributed by atoms with Crippen molar-refractivity contribution in [2.24, 2.45) is 0 Å². The summed E-state index contributed by atoms with van der Waals surface area (Å²) in [6, 6.07) is 21.9. The molecular formula is C25H21ClN2O5S. The van der Waals surface area contributed by atoms with Crippen LogP contribution in [0.5, 0.6) is 0 Å². The largest absolute Gasteiger partial charge is 0.455 e. The highest BCUT2D eigenvalue weighted by molar-refractivity contribution is 7.92. The van der Waals surface area contributed by atoms with Crippen molar-refractivity contribution in [3.05, 3.63) is 101 Å². The zero-order chi connectivity index (χ0) is 24.3. The van der Waals surface area contributed by atoms with Crippen LogP contribution in [0.1, 0.15) is 21.8 Å². The van der Waals surface area contributed by atoms with E-state index in [1.54, 1.807) is 37.3 Å². The molecule has 0 unspecified atom stereocenters. The molecule has 1 heterocycles. The molecule has 0 bridgehead atoms. The van der Waals surface area contributed by atoms with Gasteiger partial charge in [-0.05, 0) is 49.4 Å². The maximum Gasteiger partial charge on any atom is 0.340 e. The number of oxazole rings is 1. The highest BCUT2D eigenvalue weighted by Gasteiger charge is 2.24. The van der Waals surface area contributed by atoms with Crippen LogP contribution in [0, 0.1) is 6.92 Å². The molecule has 0 radical (unpaired) electrons. The summed E-state index contributed by atoms with van der Waals surface area (Å²) in [5.74, 6) is 0.158. The van der Waals surface area contributed by atoms with E-state index >= 15 is 0 Å². The third-order valence-electron chi connectivity index (χ3n) is 5.19. The minimum atomic E-state index is -3.93. The summed E-state index contributed by atoms with van der Waals surface area (Å²) in [4.78, 5) is 17.1. The van der Waals surface area contributed by atoms with E-state index in [2.05, 4.69) is 4.98 Å². The van der Waals surface area contributed by atoms with E-state index in [4.69, 9.17) is 20.8 Å². The number of hydrogen-bond acceptors (Lipinski definition) is 6. The number of benzene rings is 3. The van der Waals surface area contributed by atoms with Crippen LogP contribution in [0.15, 0.2) is 88.2 Å². The summed E-state index contributed by atoms with van der Waals surface area (Å²) >= 11 is 6.19. The number of aryl methyl sites for hydroxylation is 1. The molecule has 1 aromatic heterocycles. The number of halogens is 1. The van der Waals surface area contributed by atoms with Gasteiger partial charge in [-0.2, -0.15) is 0 Å². The zero-order valence-corrected chi connectivity index (χ0v) is 20.0. The number of aromatic nitrogens is 1. The van der Waals surface area contributed by atoms with Crippen molar-refractivity contribution in [1.82, 2.24) is 4.98 Å². The standard InChI is InChI=1S/C25H21ClN2O5S/c1-17-23(27-24(33-17)18-9-5-3-6-10-18)16-32-25(29)21-15-20(13-14-22(21)26)34(30,31)28(2)19-11-7-4-8-12-19/h3-15H,16H2,1-2H3. The van der Waals surface area contributed by atoms with Crippen LogP contribution in [0.2, 0.25) is 5.02 Å². The van der Waals surface area contributed by atoms with Crippen LogP contribution in [0.3, 0.4) is 0 Å². The smallest absolute Gasteiger partial charge is 0.340 e. The highest BCUT2D eigenvalue weighted by atomic mass is 35.5. The summed E-state index contributed by atoms with van der Waals surface area (Å²) < 4.78 is 38.4. The SMILES string of the molecule is Cc1oc(-c2ccccc2)nc1COC(=O)c1cc(S(=O)(=O)N(C)c2ccccc2)ccc1Cl. The van der Waals surface area contributed by atoms with Gasteiger partial charge >= 0.3 is 5.97 Å². The minimum Gasteiger partial charge on any atom is -0.455 e. The van der Waals surface area contributed by atoms with Crippen molar-refractivity contribution in [1.29, 1.82) is 0 Å². The van der Waals surface area contributed by atoms with E-state index in [-0.39, 0.29) is 22.1 Å². The molecular weight excluding hydrogens is 476 g/mol. The Labute approximate surface area is 202 Å². The summed E-state index contributed by atoms with van der Waals surface area (Å²) in [6.07, 6.45) is 0. The third-order valence-corrected chi connectivity index (χ3v) is 7.30. The number of carbonyl (C=O) groups excluding carboxylic acids is 1. The lowest BCUT2D eigenvalue weighted by Gasteiger charge is -2.20. The maximum absolute atomic E-state index is 13.1. The van der Waals surface area contributed by atoms with Crippen LogP contribution in [0.4, 0.5) is 5.69 Å². The highest BCUT2D eigenvalue weighted by Crippen LogP contribution is 2.27. The molecule has 4 aromatic rings. The lowest BCUT2D eigenvalue weighted by atomic mass is 10.2. The molecule has 9 heteroatoms. The second-order valence-electron chi connectivity index (χ2n) is 7.41. The first-order chi connectivity index (χ1) is 16.3. The summed E-state index contributed by atoms with van der Waals surface area (Å²) in [5.41, 5.74) is 1.67. The number of sulfonamides is 1. The minimum absolute atomic E-state index is 0.0614. The molecule has 0 aliphatic rings. The predicted octanol–water partition coefficient (Wildman–Crippen LogP) is 5.49. The van der Waals surface area contributed by atoms with Gasteiger partial charge in [0.1, 0.15) is 18.1 Å². The molecule has 0 aliphatic heterocycles. The van der Waals surface area contributed by atoms with Crippen molar-refractivity contribution in [2.75, 3.05) is 11.4 Å². The van der Waals surface area contributed by atoms with Gasteiger partial charge in [0.25, 0.3) is 10.0 Å². The third kappa shape index (κ3) is 4.83. The van der Waals surface area contributed by atoms with E-state index in [1.165, 1.54) is 25.2 Å². The molecule has 174 valence electrons. The van der Waals surface area contributed by atoms with Gasteiger partial charge < -0.3 is 9.15 Å². The van der Waals surface area contributed by atoms with Crippen molar-refractivity contribution < 1.29 is 22.4 Å². The topological polar surface area (TPSA) is 89.7 Å². The van der Waals surface area contributed by atoms with Gasteiger partial charge in [-0.1, -0.05) is 48.0 Å². The average molecular weight is 497 g/mol. The fourth-order valence-corrected chi connectivity index (χ4v) is 4.65. The molecule has 0 atom stereocenters. The van der Waals surface area contributed by atoms with E-state index < -0.39 is 16.0 Å². The van der Waals surface area contributed by atoms with Gasteiger partial charge in [0.05, 0.1) is 21.2 Å². The molecule has 0 aliphatic carbocycles. The molecule has 0 fully saturated rings. The Bertz CT molecular complexity index is 1420. The number of nitrogens with zero attached hydrogens (tertiary/aromatic N) is 2. The average Bonchev–Trinajstić information content (AvgIpc) is 3.23. The first-order valence-electron chi connectivity index (χ1n) is 10.3. The normalized spacial score (nSPS) is 11.3. The van der Waals surface area contributed by atoms with E-state index in [1.807, 2.05) is 30.3 Å². The number of anilines is 1. The van der Waals surface area contributed by atoms with Crippen molar-refractivity contribution in [3.63, 3.8) is 0 Å². The van der Waals surface area contributed by atoms with Gasteiger partial charge in [0, 0.05) is 12.6 Å². The molecule has 0 saturated heterocycles. The van der Waals surface area contributed by atoms with Crippen LogP contribution in [0.25, 0.3) is 11.5 Å². The quantitative estimate of drug-likeness (QED) is 0.314. The number of carbonyl (C=O) groups is 1. The fourth-order valence-electron chi connectivity index (χ4n) is 3.23. The van der Waals surface area contributed by atoms with Crippen LogP contribution >= 0.6 is 11.6 Å². The van der Waals surface area contributed by atoms with E-state index in [0.29, 0.717) is 23.0 Å². The maximum atomic E-state index is 13.1. The summed E-state index contributed by atoms with van der Waals surface area (Å²) in [7, 11) is -2.49. The summed E-state index contributed by atoms with van der Waals surface area (Å²) in [6.45, 7) is 1.57. The first-order valence-corrected chi connectivity index (χ1v) is 12.1. The molecule has 0 spiro atoms. The van der Waals surface area contributed by atoms with Gasteiger partial charge in [0.15, 0.2) is 0 Å². The molecule has 0 N–H and O–H groups in total. The number of hydrogen-bond donors (Lipinski definition) is 0. The Balaban J connectivity index is 1.53. The van der Waals surface area contributed by atoms with Crippen molar-refractivity contribution >= 4 is 33.3 Å². The first kappa shape index (κ1) is 23.5. The van der Waals surface area contributed by atoms with Crippen LogP contribution in [-0.4, -0.2) is 26.4 Å². The number of rotatable bonds is 7. The molecule has 7 nitrogen and oxygen atoms in total. The van der Waals surface area contributed by atoms with Crippen molar-refractivity contribution in [2.45, 2.75) is 18.4 Å². The second kappa shape index (κ2) is 9.70. The van der Waals surface area contributed by atoms with Gasteiger partial charge in [-0.25, -0.2) is 18.2 Å². The van der Waals surface area contributed by atoms with Crippen molar-refractivity contribution in [3.8, 4) is 11.5 Å². The fraction of sp³-hybridized carbons (Fsp3) is 0.120. The Morgan fingerprint density at radius 3 is 2.35 bits per heavy atom. The Hall–Kier alpha value is -3.62. The Morgan fingerprint density at radius 2 is 1.68 bits per heavy atom. The van der Waals surface area contributed by atoms with Gasteiger partial charge in [-0.15, -0.1) is 0 Å². The molecule has 34 heavy (non-hydrogen) atoms. The Kier molecular flexibility index (Phi) is 6.72. The van der Waals surface area contributed by atoms with Crippen LogP contribution in [-0.2, 0) is 21.4 Å². The number of esters is 1. The predicted molar refractivity (Wildman–Crippen MR) is 129 cm³/mol. The molecule has 0 amide bonds. The summed E-state index contributed by atoms with van der Waals surface area (Å²) in [5, 5.41) is 0.0770. The molecule has 0 saturated carbocycles. The van der Waals surface area contributed by atoms with Gasteiger partial charge in [0.2, 0.25) is 5.89 Å². The van der Waals surface area contributed by atoms with Crippen LogP contribution < -0.4 is 4.31 Å². The van der Waals surface area contributed by atoms with E-state index in [0.717, 1.165) is 9.87 Å². The zero-order valence-electron chi connectivity index (χ0n) is 18.4. The van der Waals surface area contributed by atoms with E-state index in [9.17, 15) is 13.2 Å². The molecule has 4 rings (SSSR count). The second-order valence-corrected chi connectivity index (χ2v) is 9.79.